The number of hydrogen-bond donors (Lipinski definition) is 1. The third-order valence-electron chi connectivity index (χ3n) is 4.04. The van der Waals surface area contributed by atoms with Gasteiger partial charge in [0.1, 0.15) is 0 Å². The fourth-order valence-electron chi connectivity index (χ4n) is 2.66. The quantitative estimate of drug-likeness (QED) is 0.614. The van der Waals surface area contributed by atoms with Crippen LogP contribution in [-0.4, -0.2) is 26.0 Å². The van der Waals surface area contributed by atoms with Crippen molar-refractivity contribution >= 4 is 11.6 Å². The summed E-state index contributed by atoms with van der Waals surface area (Å²) in [4.78, 5) is 13.8. The average molecular weight is 286 g/mol. The Morgan fingerprint density at radius 1 is 1.19 bits per heavy atom. The highest BCUT2D eigenvalue weighted by molar-refractivity contribution is 5.92. The molecule has 1 aromatic rings. The Balaban J connectivity index is 1.62. The van der Waals surface area contributed by atoms with E-state index < -0.39 is 0 Å². The minimum atomic E-state index is 0.158. The Morgan fingerprint density at radius 3 is 2.71 bits per heavy atom. The first kappa shape index (κ1) is 15.8. The maximum absolute atomic E-state index is 12.1. The molecule has 0 saturated heterocycles. The van der Waals surface area contributed by atoms with Gasteiger partial charge in [0, 0.05) is 25.7 Å². The minimum absolute atomic E-state index is 0.158. The maximum atomic E-state index is 12.1. The summed E-state index contributed by atoms with van der Waals surface area (Å²) in [6.07, 6.45) is 9.25. The first-order chi connectivity index (χ1) is 10.3. The van der Waals surface area contributed by atoms with Crippen molar-refractivity contribution in [2.45, 2.75) is 38.5 Å². The largest absolute Gasteiger partial charge is 0.316 e. The van der Waals surface area contributed by atoms with Gasteiger partial charge < -0.3 is 10.2 Å². The van der Waals surface area contributed by atoms with E-state index in [1.165, 1.54) is 25.7 Å². The first-order valence-corrected chi connectivity index (χ1v) is 7.97. The normalized spacial score (nSPS) is 14.6. The fraction of sp³-hybridized carbons (Fsp3) is 0.500. The molecule has 1 aromatic carbocycles. The molecule has 0 aromatic heterocycles. The van der Waals surface area contributed by atoms with E-state index in [0.717, 1.165) is 25.2 Å². The Kier molecular flexibility index (Phi) is 6.48. The van der Waals surface area contributed by atoms with Gasteiger partial charge in [0.05, 0.1) is 0 Å². The topological polar surface area (TPSA) is 32.3 Å². The zero-order valence-electron chi connectivity index (χ0n) is 13.0. The highest BCUT2D eigenvalue weighted by Gasteiger charge is 2.09. The summed E-state index contributed by atoms with van der Waals surface area (Å²) in [6, 6.07) is 9.79. The van der Waals surface area contributed by atoms with Crippen LogP contribution in [0, 0.1) is 0 Å². The maximum Gasteiger partial charge on any atom is 0.227 e. The summed E-state index contributed by atoms with van der Waals surface area (Å²) >= 11 is 0. The molecule has 0 unspecified atom stereocenters. The third kappa shape index (κ3) is 5.35. The number of anilines is 1. The smallest absolute Gasteiger partial charge is 0.227 e. The Bertz CT molecular complexity index is 467. The predicted octanol–water partition coefficient (Wildman–Crippen LogP) is 3.52. The number of carbonyl (C=O) groups excluding carboxylic acids is 1. The van der Waals surface area contributed by atoms with E-state index >= 15 is 0 Å². The zero-order valence-corrected chi connectivity index (χ0v) is 13.0. The molecule has 1 amide bonds. The Hall–Kier alpha value is -1.61. The number of rotatable bonds is 7. The molecule has 0 atom stereocenters. The predicted molar refractivity (Wildman–Crippen MR) is 88.5 cm³/mol. The van der Waals surface area contributed by atoms with Crippen LogP contribution in [0.4, 0.5) is 5.69 Å². The molecule has 0 spiro atoms. The summed E-state index contributed by atoms with van der Waals surface area (Å²) in [5.41, 5.74) is 2.54. The second kappa shape index (κ2) is 8.63. The summed E-state index contributed by atoms with van der Waals surface area (Å²) < 4.78 is 0. The fourth-order valence-corrected chi connectivity index (χ4v) is 2.66. The van der Waals surface area contributed by atoms with Gasteiger partial charge in [0.2, 0.25) is 5.91 Å². The van der Waals surface area contributed by atoms with Gasteiger partial charge >= 0.3 is 0 Å². The van der Waals surface area contributed by atoms with Crippen molar-refractivity contribution in [2.24, 2.45) is 0 Å². The molecule has 0 aliphatic heterocycles. The van der Waals surface area contributed by atoms with Crippen LogP contribution in [0.5, 0.6) is 0 Å². The lowest BCUT2D eigenvalue weighted by atomic mass is 9.97. The van der Waals surface area contributed by atoms with Crippen LogP contribution in [-0.2, 0) is 4.79 Å². The molecule has 0 radical (unpaired) electrons. The molecule has 0 saturated carbocycles. The van der Waals surface area contributed by atoms with Crippen molar-refractivity contribution in [3.05, 3.63) is 42.0 Å². The first-order valence-electron chi connectivity index (χ1n) is 7.97. The van der Waals surface area contributed by atoms with Gasteiger partial charge in [-0.25, -0.2) is 0 Å². The van der Waals surface area contributed by atoms with Crippen LogP contribution in [0.15, 0.2) is 42.0 Å². The van der Waals surface area contributed by atoms with Crippen molar-refractivity contribution in [2.75, 3.05) is 25.0 Å². The molecule has 0 heterocycles. The number of benzene rings is 1. The van der Waals surface area contributed by atoms with E-state index in [1.54, 1.807) is 10.5 Å². The molecular weight excluding hydrogens is 260 g/mol. The molecule has 0 bridgehead atoms. The molecule has 3 nitrogen and oxygen atoms in total. The van der Waals surface area contributed by atoms with Gasteiger partial charge in [-0.3, -0.25) is 4.79 Å². The van der Waals surface area contributed by atoms with E-state index in [2.05, 4.69) is 11.4 Å². The zero-order chi connectivity index (χ0) is 14.9. The number of hydrogen-bond acceptors (Lipinski definition) is 2. The van der Waals surface area contributed by atoms with Crippen LogP contribution >= 0.6 is 0 Å². The monoisotopic (exact) mass is 286 g/mol. The molecule has 1 aliphatic carbocycles. The number of para-hydroxylation sites is 1. The van der Waals surface area contributed by atoms with E-state index in [-0.39, 0.29) is 5.91 Å². The lowest BCUT2D eigenvalue weighted by Crippen LogP contribution is -2.30. The van der Waals surface area contributed by atoms with Crippen LogP contribution in [0.25, 0.3) is 0 Å². The highest BCUT2D eigenvalue weighted by atomic mass is 16.2. The second-order valence-corrected chi connectivity index (χ2v) is 5.65. The number of allylic oxidation sites excluding steroid dienone is 1. The molecule has 2 rings (SSSR count). The Morgan fingerprint density at radius 2 is 2.00 bits per heavy atom. The van der Waals surface area contributed by atoms with Gasteiger partial charge in [0.25, 0.3) is 0 Å². The summed E-state index contributed by atoms with van der Waals surface area (Å²) in [5, 5.41) is 3.38. The summed E-state index contributed by atoms with van der Waals surface area (Å²) in [7, 11) is 1.84. The van der Waals surface area contributed by atoms with E-state index in [0.29, 0.717) is 6.42 Å². The van der Waals surface area contributed by atoms with Crippen LogP contribution in [0.2, 0.25) is 0 Å². The van der Waals surface area contributed by atoms with Crippen LogP contribution in [0.1, 0.15) is 38.5 Å². The highest BCUT2D eigenvalue weighted by Crippen LogP contribution is 2.19. The molecular formula is C18H26N2O. The molecule has 1 N–H and O–H groups in total. The van der Waals surface area contributed by atoms with Crippen molar-refractivity contribution in [1.29, 1.82) is 0 Å². The van der Waals surface area contributed by atoms with Gasteiger partial charge in [-0.1, -0.05) is 29.8 Å². The molecule has 1 aliphatic rings. The SMILES string of the molecule is CN(C(=O)CCNCCC1=CCCCC1)c1ccccc1. The van der Waals surface area contributed by atoms with Crippen LogP contribution in [0.3, 0.4) is 0 Å². The Labute approximate surface area is 128 Å². The molecule has 0 fully saturated rings. The van der Waals surface area contributed by atoms with Gasteiger partial charge in [-0.05, 0) is 50.8 Å². The van der Waals surface area contributed by atoms with Gasteiger partial charge in [-0.15, -0.1) is 0 Å². The molecule has 114 valence electrons. The van der Waals surface area contributed by atoms with Crippen molar-refractivity contribution in [3.8, 4) is 0 Å². The van der Waals surface area contributed by atoms with E-state index in [1.807, 2.05) is 37.4 Å². The number of carbonyl (C=O) groups is 1. The molecule has 3 heteroatoms. The van der Waals surface area contributed by atoms with Crippen molar-refractivity contribution < 1.29 is 4.79 Å². The van der Waals surface area contributed by atoms with Gasteiger partial charge in [0.15, 0.2) is 0 Å². The molecule has 21 heavy (non-hydrogen) atoms. The standard InChI is InChI=1S/C18H26N2O/c1-20(17-10-6-3-7-11-17)18(21)13-15-19-14-12-16-8-4-2-5-9-16/h3,6-8,10-11,19H,2,4-5,9,12-15H2,1H3. The third-order valence-corrected chi connectivity index (χ3v) is 4.04. The average Bonchev–Trinajstić information content (AvgIpc) is 2.55. The van der Waals surface area contributed by atoms with Crippen molar-refractivity contribution in [1.82, 2.24) is 5.32 Å². The van der Waals surface area contributed by atoms with Crippen molar-refractivity contribution in [3.63, 3.8) is 0 Å². The van der Waals surface area contributed by atoms with Crippen LogP contribution < -0.4 is 10.2 Å². The lowest BCUT2D eigenvalue weighted by molar-refractivity contribution is -0.118. The number of amides is 1. The van der Waals surface area contributed by atoms with E-state index in [4.69, 9.17) is 0 Å². The minimum Gasteiger partial charge on any atom is -0.316 e. The second-order valence-electron chi connectivity index (χ2n) is 5.65. The summed E-state index contributed by atoms with van der Waals surface area (Å²) in [6.45, 7) is 1.73. The van der Waals surface area contributed by atoms with E-state index in [9.17, 15) is 4.79 Å². The lowest BCUT2D eigenvalue weighted by Gasteiger charge is -2.17. The van der Waals surface area contributed by atoms with Gasteiger partial charge in [-0.2, -0.15) is 0 Å². The summed E-state index contributed by atoms with van der Waals surface area (Å²) in [5.74, 6) is 0.158. The number of nitrogens with zero attached hydrogens (tertiary/aromatic N) is 1. The number of nitrogens with one attached hydrogen (secondary N) is 1.